The van der Waals surface area contributed by atoms with Gasteiger partial charge in [-0.05, 0) is 78.5 Å². The van der Waals surface area contributed by atoms with E-state index in [4.69, 9.17) is 9.15 Å². The SMILES string of the molecule is COCC1=C([C@H](O)CC/C(=C/c2ccc(CO)o2)c2ccccn2)[C@H](CO)[C@@H]2C(=O)N(c3ccccc3)C(=O)[C@@H]2C1. The molecule has 0 unspecified atom stereocenters. The molecule has 4 atom stereocenters. The van der Waals surface area contributed by atoms with Crippen LogP contribution in [-0.4, -0.2) is 58.5 Å². The van der Waals surface area contributed by atoms with Gasteiger partial charge < -0.3 is 24.5 Å². The second-order valence-electron chi connectivity index (χ2n) is 10.4. The third-order valence-electron chi connectivity index (χ3n) is 7.91. The number of methoxy groups -OCH3 is 1. The molecule has 3 N–H and O–H groups in total. The number of para-hydroxylation sites is 1. The topological polar surface area (TPSA) is 133 Å². The number of benzene rings is 1. The normalized spacial score (nSPS) is 21.9. The Morgan fingerprint density at radius 3 is 2.54 bits per heavy atom. The number of anilines is 1. The van der Waals surface area contributed by atoms with E-state index < -0.39 is 23.9 Å². The fourth-order valence-corrected chi connectivity index (χ4v) is 6.10. The lowest BCUT2D eigenvalue weighted by atomic mass is 9.68. The number of aliphatic hydroxyl groups is 3. The van der Waals surface area contributed by atoms with Crippen LogP contribution in [0.2, 0.25) is 0 Å². The van der Waals surface area contributed by atoms with Crippen molar-refractivity contribution >= 4 is 29.2 Å². The maximum Gasteiger partial charge on any atom is 0.238 e. The number of furan rings is 1. The second-order valence-corrected chi connectivity index (χ2v) is 10.4. The standard InChI is InChI=1S/C32H34N2O7/c1-40-19-21-16-25-30(32(39)34(31(25)38)22-7-3-2-4-8-22)26(18-36)29(21)28(37)13-10-20(27-9-5-6-14-33-27)15-23-11-12-24(17-35)41-23/h2-9,11-12,14-15,25-26,28,30,35-37H,10,13,16-19H2,1H3/b20-15-/t25-,26+,28-,30-/m1/s1. The lowest BCUT2D eigenvalue weighted by Crippen LogP contribution is -2.39. The minimum Gasteiger partial charge on any atom is -0.459 e. The highest BCUT2D eigenvalue weighted by Crippen LogP contribution is 2.47. The Hall–Kier alpha value is -3.89. The minimum absolute atomic E-state index is 0.179. The third kappa shape index (κ3) is 5.80. The number of fused-ring (bicyclic) bond motifs is 1. The first kappa shape index (κ1) is 28.6. The van der Waals surface area contributed by atoms with Gasteiger partial charge in [0.15, 0.2) is 0 Å². The Morgan fingerprint density at radius 1 is 1.10 bits per heavy atom. The Labute approximate surface area is 238 Å². The van der Waals surface area contributed by atoms with E-state index in [-0.39, 0.29) is 44.5 Å². The molecular weight excluding hydrogens is 524 g/mol. The number of carbonyl (C=O) groups is 2. The summed E-state index contributed by atoms with van der Waals surface area (Å²) in [5.74, 6) is -1.81. The number of nitrogens with zero attached hydrogens (tertiary/aromatic N) is 2. The van der Waals surface area contributed by atoms with Crippen LogP contribution in [0.15, 0.2) is 82.4 Å². The molecule has 3 heterocycles. The average molecular weight is 559 g/mol. The fourth-order valence-electron chi connectivity index (χ4n) is 6.10. The Morgan fingerprint density at radius 2 is 1.88 bits per heavy atom. The first-order valence-corrected chi connectivity index (χ1v) is 13.7. The summed E-state index contributed by atoms with van der Waals surface area (Å²) < 4.78 is 11.1. The molecule has 1 aliphatic carbocycles. The number of hydrogen-bond donors (Lipinski definition) is 3. The summed E-state index contributed by atoms with van der Waals surface area (Å²) in [6, 6.07) is 17.8. The molecule has 2 aromatic heterocycles. The molecule has 3 aromatic rings. The number of rotatable bonds is 11. The fraction of sp³-hybridized carbons (Fsp3) is 0.344. The molecule has 41 heavy (non-hydrogen) atoms. The number of ether oxygens (including phenoxy) is 1. The van der Waals surface area contributed by atoms with Gasteiger partial charge in [-0.15, -0.1) is 0 Å². The lowest BCUT2D eigenvalue weighted by Gasteiger charge is -2.36. The summed E-state index contributed by atoms with van der Waals surface area (Å²) in [4.78, 5) is 32.8. The van der Waals surface area contributed by atoms with Crippen LogP contribution in [0.1, 0.15) is 36.5 Å². The molecule has 5 rings (SSSR count). The molecule has 0 spiro atoms. The first-order valence-electron chi connectivity index (χ1n) is 13.7. The largest absolute Gasteiger partial charge is 0.459 e. The highest BCUT2D eigenvalue weighted by molar-refractivity contribution is 6.22. The van der Waals surface area contributed by atoms with Gasteiger partial charge in [0.2, 0.25) is 11.8 Å². The van der Waals surface area contributed by atoms with Crippen LogP contribution in [0.4, 0.5) is 5.69 Å². The summed E-state index contributed by atoms with van der Waals surface area (Å²) in [6.45, 7) is -0.421. The van der Waals surface area contributed by atoms with Crippen molar-refractivity contribution in [3.63, 3.8) is 0 Å². The quantitative estimate of drug-likeness (QED) is 0.240. The zero-order valence-electron chi connectivity index (χ0n) is 22.8. The molecule has 2 aliphatic rings. The van der Waals surface area contributed by atoms with Crippen LogP contribution in [0.5, 0.6) is 0 Å². The molecule has 1 saturated heterocycles. The molecule has 1 fully saturated rings. The number of amides is 2. The van der Waals surface area contributed by atoms with Gasteiger partial charge in [0.1, 0.15) is 18.1 Å². The Bertz CT molecular complexity index is 1430. The first-order chi connectivity index (χ1) is 20.0. The van der Waals surface area contributed by atoms with Crippen molar-refractivity contribution in [1.29, 1.82) is 0 Å². The summed E-state index contributed by atoms with van der Waals surface area (Å²) >= 11 is 0. The summed E-state index contributed by atoms with van der Waals surface area (Å²) in [5.41, 5.74) is 3.32. The second kappa shape index (κ2) is 12.7. The summed E-state index contributed by atoms with van der Waals surface area (Å²) in [5, 5.41) is 31.5. The van der Waals surface area contributed by atoms with E-state index in [9.17, 15) is 24.9 Å². The molecule has 1 aliphatic heterocycles. The van der Waals surface area contributed by atoms with E-state index in [1.165, 1.54) is 4.90 Å². The number of aliphatic hydroxyl groups excluding tert-OH is 3. The monoisotopic (exact) mass is 558 g/mol. The van der Waals surface area contributed by atoms with Gasteiger partial charge in [0.25, 0.3) is 0 Å². The van der Waals surface area contributed by atoms with Crippen molar-refractivity contribution in [3.8, 4) is 0 Å². The lowest BCUT2D eigenvalue weighted by molar-refractivity contribution is -0.123. The number of aromatic nitrogens is 1. The van der Waals surface area contributed by atoms with Crippen LogP contribution in [-0.2, 0) is 20.9 Å². The number of carbonyl (C=O) groups excluding carboxylic acids is 2. The molecule has 0 saturated carbocycles. The van der Waals surface area contributed by atoms with Gasteiger partial charge in [-0.2, -0.15) is 0 Å². The maximum atomic E-state index is 13.6. The molecule has 9 nitrogen and oxygen atoms in total. The Balaban J connectivity index is 1.43. The van der Waals surface area contributed by atoms with E-state index in [1.54, 1.807) is 49.7 Å². The zero-order chi connectivity index (χ0) is 28.9. The molecule has 0 bridgehead atoms. The van der Waals surface area contributed by atoms with Crippen LogP contribution >= 0.6 is 0 Å². The van der Waals surface area contributed by atoms with Gasteiger partial charge in [0, 0.05) is 19.2 Å². The predicted molar refractivity (Wildman–Crippen MR) is 152 cm³/mol. The molecule has 214 valence electrons. The molecular formula is C32H34N2O7. The highest BCUT2D eigenvalue weighted by Gasteiger charge is 2.55. The molecule has 2 amide bonds. The predicted octanol–water partition coefficient (Wildman–Crippen LogP) is 3.61. The van der Waals surface area contributed by atoms with Gasteiger partial charge in [-0.3, -0.25) is 19.5 Å². The van der Waals surface area contributed by atoms with E-state index in [1.807, 2.05) is 30.3 Å². The van der Waals surface area contributed by atoms with E-state index in [0.717, 1.165) is 11.1 Å². The smallest absolute Gasteiger partial charge is 0.238 e. The number of imide groups is 1. The van der Waals surface area contributed by atoms with Crippen molar-refractivity contribution in [1.82, 2.24) is 4.98 Å². The maximum absolute atomic E-state index is 13.6. The number of hydrogen-bond acceptors (Lipinski definition) is 8. The molecule has 9 heteroatoms. The highest BCUT2D eigenvalue weighted by atomic mass is 16.5. The van der Waals surface area contributed by atoms with Crippen molar-refractivity contribution in [2.75, 3.05) is 25.2 Å². The van der Waals surface area contributed by atoms with Gasteiger partial charge in [-0.25, -0.2) is 0 Å². The minimum atomic E-state index is -0.997. The zero-order valence-corrected chi connectivity index (χ0v) is 22.8. The van der Waals surface area contributed by atoms with Gasteiger partial charge in [-0.1, -0.05) is 24.3 Å². The summed E-state index contributed by atoms with van der Waals surface area (Å²) in [7, 11) is 1.54. The van der Waals surface area contributed by atoms with Crippen molar-refractivity contribution in [3.05, 3.63) is 95.2 Å². The molecule has 1 aromatic carbocycles. The van der Waals surface area contributed by atoms with Gasteiger partial charge in [0.05, 0.1) is 42.5 Å². The number of pyridine rings is 1. The van der Waals surface area contributed by atoms with Crippen LogP contribution in [0.3, 0.4) is 0 Å². The van der Waals surface area contributed by atoms with Crippen LogP contribution < -0.4 is 4.90 Å². The van der Waals surface area contributed by atoms with Crippen molar-refractivity contribution in [2.45, 2.75) is 32.0 Å². The van der Waals surface area contributed by atoms with Crippen LogP contribution in [0.25, 0.3) is 11.6 Å². The van der Waals surface area contributed by atoms with Gasteiger partial charge >= 0.3 is 0 Å². The van der Waals surface area contributed by atoms with E-state index in [2.05, 4.69) is 4.98 Å². The van der Waals surface area contributed by atoms with Crippen LogP contribution in [0, 0.1) is 17.8 Å². The van der Waals surface area contributed by atoms with E-state index in [0.29, 0.717) is 34.9 Å². The van der Waals surface area contributed by atoms with Crippen molar-refractivity contribution in [2.24, 2.45) is 17.8 Å². The Kier molecular flexibility index (Phi) is 8.90. The number of allylic oxidation sites excluding steroid dienone is 1. The van der Waals surface area contributed by atoms with E-state index >= 15 is 0 Å². The van der Waals surface area contributed by atoms with Crippen molar-refractivity contribution < 1.29 is 34.1 Å². The third-order valence-corrected chi connectivity index (χ3v) is 7.91. The average Bonchev–Trinajstić information content (AvgIpc) is 3.56. The molecule has 0 radical (unpaired) electrons. The summed E-state index contributed by atoms with van der Waals surface area (Å²) in [6.07, 6.45) is 3.47.